The summed E-state index contributed by atoms with van der Waals surface area (Å²) in [7, 11) is 1.33. The molecule has 21 heavy (non-hydrogen) atoms. The molecule has 0 radical (unpaired) electrons. The Kier molecular flexibility index (Phi) is 7.14. The molecule has 1 heterocycles. The molecule has 7 nitrogen and oxygen atoms in total. The van der Waals surface area contributed by atoms with E-state index in [1.807, 2.05) is 0 Å². The second-order valence-electron chi connectivity index (χ2n) is 5.64. The average molecular weight is 299 g/mol. The first-order chi connectivity index (χ1) is 9.93. The lowest BCUT2D eigenvalue weighted by atomic mass is 10.1. The highest BCUT2D eigenvalue weighted by molar-refractivity contribution is 5.95. The largest absolute Gasteiger partial charge is 0.468 e. The predicted molar refractivity (Wildman–Crippen MR) is 77.6 cm³/mol. The molecule has 0 aromatic rings. The van der Waals surface area contributed by atoms with Gasteiger partial charge >= 0.3 is 12.0 Å². The molecular formula is C14H25N3O4. The summed E-state index contributed by atoms with van der Waals surface area (Å²) in [6.45, 7) is 5.33. The van der Waals surface area contributed by atoms with Crippen LogP contribution in [0.4, 0.5) is 4.79 Å². The van der Waals surface area contributed by atoms with Crippen LogP contribution < -0.4 is 10.6 Å². The summed E-state index contributed by atoms with van der Waals surface area (Å²) >= 11 is 0. The minimum Gasteiger partial charge on any atom is -0.468 e. The highest BCUT2D eigenvalue weighted by atomic mass is 16.5. The van der Waals surface area contributed by atoms with E-state index in [1.165, 1.54) is 7.11 Å². The third kappa shape index (κ3) is 6.12. The van der Waals surface area contributed by atoms with Crippen molar-refractivity contribution in [3.05, 3.63) is 0 Å². The zero-order valence-corrected chi connectivity index (χ0v) is 13.0. The van der Waals surface area contributed by atoms with Gasteiger partial charge in [0.1, 0.15) is 6.04 Å². The molecule has 1 atom stereocenters. The molecule has 0 bridgehead atoms. The summed E-state index contributed by atoms with van der Waals surface area (Å²) < 4.78 is 4.71. The van der Waals surface area contributed by atoms with E-state index in [-0.39, 0.29) is 18.6 Å². The van der Waals surface area contributed by atoms with E-state index in [9.17, 15) is 14.4 Å². The minimum atomic E-state index is -0.491. The first kappa shape index (κ1) is 17.4. The van der Waals surface area contributed by atoms with Gasteiger partial charge in [-0.05, 0) is 31.7 Å². The van der Waals surface area contributed by atoms with Gasteiger partial charge in [0.25, 0.3) is 0 Å². The van der Waals surface area contributed by atoms with Crippen LogP contribution in [0.3, 0.4) is 0 Å². The number of methoxy groups -OCH3 is 1. The Morgan fingerprint density at radius 1 is 1.33 bits per heavy atom. The first-order valence-corrected chi connectivity index (χ1v) is 7.33. The number of carbonyl (C=O) groups excluding carboxylic acids is 3. The van der Waals surface area contributed by atoms with Crippen LogP contribution in [0.25, 0.3) is 0 Å². The quantitative estimate of drug-likeness (QED) is 0.697. The van der Waals surface area contributed by atoms with Crippen LogP contribution in [-0.2, 0) is 14.3 Å². The Bertz CT molecular complexity index is 384. The monoisotopic (exact) mass is 299 g/mol. The molecule has 1 unspecified atom stereocenters. The lowest BCUT2D eigenvalue weighted by Gasteiger charge is -2.21. The fraction of sp³-hybridized carbons (Fsp3) is 0.786. The molecule has 0 spiro atoms. The van der Waals surface area contributed by atoms with Crippen molar-refractivity contribution in [1.82, 2.24) is 15.5 Å². The summed E-state index contributed by atoms with van der Waals surface area (Å²) in [5, 5.41) is 4.91. The molecule has 1 aliphatic rings. The van der Waals surface area contributed by atoms with Gasteiger partial charge in [0, 0.05) is 6.54 Å². The maximum absolute atomic E-state index is 11.8. The molecule has 120 valence electrons. The number of hydrogen-bond donors (Lipinski definition) is 2. The number of imide groups is 1. The van der Waals surface area contributed by atoms with Crippen LogP contribution in [0.2, 0.25) is 0 Å². The molecule has 1 aliphatic heterocycles. The van der Waals surface area contributed by atoms with Crippen LogP contribution in [-0.4, -0.2) is 55.6 Å². The number of amides is 3. The molecule has 0 aromatic heterocycles. The number of carbonyl (C=O) groups is 3. The number of likely N-dealkylation sites (tertiary alicyclic amines) is 1. The van der Waals surface area contributed by atoms with E-state index >= 15 is 0 Å². The molecule has 0 aliphatic carbocycles. The maximum Gasteiger partial charge on any atom is 0.323 e. The van der Waals surface area contributed by atoms with Crippen LogP contribution >= 0.6 is 0 Å². The van der Waals surface area contributed by atoms with E-state index in [0.717, 1.165) is 12.8 Å². The second-order valence-corrected chi connectivity index (χ2v) is 5.64. The van der Waals surface area contributed by atoms with Gasteiger partial charge in [-0.2, -0.15) is 0 Å². The van der Waals surface area contributed by atoms with E-state index in [2.05, 4.69) is 24.5 Å². The summed E-state index contributed by atoms with van der Waals surface area (Å²) in [6, 6.07) is -0.876. The van der Waals surface area contributed by atoms with Gasteiger partial charge in [-0.3, -0.25) is 19.8 Å². The first-order valence-electron chi connectivity index (χ1n) is 7.33. The molecular weight excluding hydrogens is 274 g/mol. The number of urea groups is 1. The fourth-order valence-corrected chi connectivity index (χ4v) is 2.29. The van der Waals surface area contributed by atoms with Crippen molar-refractivity contribution in [3.8, 4) is 0 Å². The summed E-state index contributed by atoms with van der Waals surface area (Å²) in [5.41, 5.74) is 0. The van der Waals surface area contributed by atoms with Gasteiger partial charge in [0.15, 0.2) is 0 Å². The van der Waals surface area contributed by atoms with Crippen LogP contribution in [0.5, 0.6) is 0 Å². The van der Waals surface area contributed by atoms with Crippen molar-refractivity contribution < 1.29 is 19.1 Å². The standard InChI is InChI=1S/C14H25N3O4/c1-10(2)6-7-15-14(20)16-12(18)9-17-8-4-5-11(17)13(19)21-3/h10-11H,4-9H2,1-3H3,(H2,15,16,18,20). The van der Waals surface area contributed by atoms with Gasteiger partial charge in [0.2, 0.25) is 5.91 Å². The third-order valence-corrected chi connectivity index (χ3v) is 3.44. The van der Waals surface area contributed by atoms with E-state index < -0.39 is 11.9 Å². The zero-order valence-electron chi connectivity index (χ0n) is 13.0. The Morgan fingerprint density at radius 2 is 2.05 bits per heavy atom. The number of hydrogen-bond acceptors (Lipinski definition) is 5. The SMILES string of the molecule is COC(=O)C1CCCN1CC(=O)NC(=O)NCCC(C)C. The van der Waals surface area contributed by atoms with Gasteiger partial charge in [-0.15, -0.1) is 0 Å². The van der Waals surface area contributed by atoms with Crippen molar-refractivity contribution >= 4 is 17.9 Å². The van der Waals surface area contributed by atoms with E-state index in [0.29, 0.717) is 25.4 Å². The zero-order chi connectivity index (χ0) is 15.8. The molecule has 0 aromatic carbocycles. The summed E-state index contributed by atoms with van der Waals surface area (Å²) in [5.74, 6) is -0.249. The van der Waals surface area contributed by atoms with Gasteiger partial charge in [0.05, 0.1) is 13.7 Å². The summed E-state index contributed by atoms with van der Waals surface area (Å²) in [4.78, 5) is 36.6. The van der Waals surface area contributed by atoms with E-state index in [1.54, 1.807) is 4.90 Å². The number of nitrogens with zero attached hydrogens (tertiary/aromatic N) is 1. The highest BCUT2D eigenvalue weighted by Gasteiger charge is 2.32. The Hall–Kier alpha value is -1.63. The lowest BCUT2D eigenvalue weighted by molar-refractivity contribution is -0.146. The number of rotatable bonds is 6. The number of ether oxygens (including phenoxy) is 1. The van der Waals surface area contributed by atoms with Crippen LogP contribution in [0.15, 0.2) is 0 Å². The van der Waals surface area contributed by atoms with Crippen molar-refractivity contribution in [3.63, 3.8) is 0 Å². The van der Waals surface area contributed by atoms with Crippen LogP contribution in [0, 0.1) is 5.92 Å². The van der Waals surface area contributed by atoms with Crippen molar-refractivity contribution in [2.45, 2.75) is 39.2 Å². The minimum absolute atomic E-state index is 0.0252. The smallest absolute Gasteiger partial charge is 0.323 e. The van der Waals surface area contributed by atoms with Gasteiger partial charge in [-0.1, -0.05) is 13.8 Å². The van der Waals surface area contributed by atoms with E-state index in [4.69, 9.17) is 4.74 Å². The number of esters is 1. The Balaban J connectivity index is 2.32. The molecule has 1 rings (SSSR count). The summed E-state index contributed by atoms with van der Waals surface area (Å²) in [6.07, 6.45) is 2.38. The maximum atomic E-state index is 11.8. The Morgan fingerprint density at radius 3 is 2.67 bits per heavy atom. The van der Waals surface area contributed by atoms with Crippen molar-refractivity contribution in [2.75, 3.05) is 26.7 Å². The highest BCUT2D eigenvalue weighted by Crippen LogP contribution is 2.17. The number of nitrogens with one attached hydrogen (secondary N) is 2. The average Bonchev–Trinajstić information content (AvgIpc) is 2.85. The van der Waals surface area contributed by atoms with Gasteiger partial charge < -0.3 is 10.1 Å². The predicted octanol–water partition coefficient (Wildman–Crippen LogP) is 0.496. The second kappa shape index (κ2) is 8.61. The lowest BCUT2D eigenvalue weighted by Crippen LogP contribution is -2.47. The normalized spacial score (nSPS) is 18.6. The molecule has 7 heteroatoms. The topological polar surface area (TPSA) is 87.7 Å². The fourth-order valence-electron chi connectivity index (χ4n) is 2.29. The third-order valence-electron chi connectivity index (χ3n) is 3.44. The van der Waals surface area contributed by atoms with Crippen molar-refractivity contribution in [1.29, 1.82) is 0 Å². The molecule has 2 N–H and O–H groups in total. The molecule has 0 saturated carbocycles. The molecule has 1 fully saturated rings. The van der Waals surface area contributed by atoms with Crippen molar-refractivity contribution in [2.24, 2.45) is 5.92 Å². The van der Waals surface area contributed by atoms with Crippen LogP contribution in [0.1, 0.15) is 33.1 Å². The Labute approximate surface area is 125 Å². The molecule has 3 amide bonds. The molecule has 1 saturated heterocycles. The van der Waals surface area contributed by atoms with Gasteiger partial charge in [-0.25, -0.2) is 4.79 Å².